The number of amides is 1. The van der Waals surface area contributed by atoms with Crippen molar-refractivity contribution in [1.29, 1.82) is 0 Å². The minimum atomic E-state index is -0.821. The molecule has 1 amide bonds. The van der Waals surface area contributed by atoms with Gasteiger partial charge in [0.25, 0.3) is 5.91 Å². The highest BCUT2D eigenvalue weighted by molar-refractivity contribution is 5.94. The van der Waals surface area contributed by atoms with Crippen LogP contribution < -0.4 is 5.32 Å². The number of nitrogens with one attached hydrogen (secondary N) is 1. The van der Waals surface area contributed by atoms with Gasteiger partial charge >= 0.3 is 0 Å². The average Bonchev–Trinajstić information content (AvgIpc) is 3.21. The number of nitrogens with zero attached hydrogens (tertiary/aromatic N) is 3. The predicted molar refractivity (Wildman–Crippen MR) is 111 cm³/mol. The van der Waals surface area contributed by atoms with Crippen molar-refractivity contribution in [2.75, 3.05) is 19.7 Å². The zero-order chi connectivity index (χ0) is 21.2. The maximum atomic E-state index is 12.7. The smallest absolute Gasteiger partial charge is 0.251 e. The number of hydrogen-bond acceptors (Lipinski definition) is 5. The summed E-state index contributed by atoms with van der Waals surface area (Å²) in [4.78, 5) is 15.5. The lowest BCUT2D eigenvalue weighted by molar-refractivity contribution is -0.188. The molecule has 0 unspecified atom stereocenters. The van der Waals surface area contributed by atoms with E-state index in [1.54, 1.807) is 12.1 Å². The van der Waals surface area contributed by atoms with Gasteiger partial charge < -0.3 is 19.5 Å². The molecule has 8 heteroatoms. The van der Waals surface area contributed by atoms with E-state index in [2.05, 4.69) is 15.3 Å². The van der Waals surface area contributed by atoms with E-state index in [-0.39, 0.29) is 25.6 Å². The molecule has 156 valence electrons. The lowest BCUT2D eigenvalue weighted by atomic mass is 9.96. The van der Waals surface area contributed by atoms with Crippen LogP contribution in [-0.4, -0.2) is 49.2 Å². The highest BCUT2D eigenvalue weighted by Gasteiger charge is 2.60. The Morgan fingerprint density at radius 2 is 1.87 bits per heavy atom. The van der Waals surface area contributed by atoms with Gasteiger partial charge in [-0.25, -0.2) is 0 Å². The molecule has 2 aliphatic heterocycles. The second kappa shape index (κ2) is 8.08. The molecule has 0 spiro atoms. The summed E-state index contributed by atoms with van der Waals surface area (Å²) in [5.74, 6) is -1.01. The molecule has 0 saturated carbocycles. The Kier molecular flexibility index (Phi) is 5.49. The minimum Gasteiger partial charge on any atom is -0.372 e. The summed E-state index contributed by atoms with van der Waals surface area (Å²) in [7, 11) is 0. The van der Waals surface area contributed by atoms with E-state index in [9.17, 15) is 4.79 Å². The van der Waals surface area contributed by atoms with Crippen molar-refractivity contribution < 1.29 is 19.0 Å². The normalized spacial score (nSPS) is 26.6. The van der Waals surface area contributed by atoms with Crippen molar-refractivity contribution in [3.8, 4) is 11.1 Å². The fourth-order valence-electron chi connectivity index (χ4n) is 4.08. The Morgan fingerprint density at radius 3 is 2.57 bits per heavy atom. The molecule has 0 aliphatic carbocycles. The summed E-state index contributed by atoms with van der Waals surface area (Å²) in [5, 5.41) is 6.55. The standard InChI is InChI=1S/C22H24N4O4/c1-21(2)29-19-18(12-25-26-23)28-14-22(19,30-21)13-24-20(27)17-10-8-16(9-11-17)15-6-4-3-5-7-15/h3-11,18-19H,12-14H2,1-2H3,(H,24,27)/t18-,19-,22+/m1/s1. The molecule has 4 rings (SSSR count). The lowest BCUT2D eigenvalue weighted by Gasteiger charge is -2.27. The third kappa shape index (κ3) is 4.04. The van der Waals surface area contributed by atoms with Crippen LogP contribution in [0.4, 0.5) is 0 Å². The van der Waals surface area contributed by atoms with Gasteiger partial charge in [0.15, 0.2) is 5.79 Å². The maximum Gasteiger partial charge on any atom is 0.251 e. The first-order valence-electron chi connectivity index (χ1n) is 9.87. The molecule has 2 heterocycles. The first kappa shape index (κ1) is 20.4. The van der Waals surface area contributed by atoms with Crippen LogP contribution in [-0.2, 0) is 14.2 Å². The first-order valence-corrected chi connectivity index (χ1v) is 9.87. The summed E-state index contributed by atoms with van der Waals surface area (Å²) in [6.07, 6.45) is -0.844. The van der Waals surface area contributed by atoms with Crippen LogP contribution in [0, 0.1) is 0 Å². The maximum absolute atomic E-state index is 12.7. The molecular weight excluding hydrogens is 384 g/mol. The summed E-state index contributed by atoms with van der Waals surface area (Å²) in [6.45, 7) is 4.27. The third-order valence-electron chi connectivity index (χ3n) is 5.38. The van der Waals surface area contributed by atoms with Crippen LogP contribution in [0.1, 0.15) is 24.2 Å². The summed E-state index contributed by atoms with van der Waals surface area (Å²) >= 11 is 0. The Hall–Kier alpha value is -2.90. The Balaban J connectivity index is 1.44. The van der Waals surface area contributed by atoms with Gasteiger partial charge in [-0.05, 0) is 42.6 Å². The number of hydrogen-bond donors (Lipinski definition) is 1. The minimum absolute atomic E-state index is 0.150. The molecule has 2 aromatic rings. The van der Waals surface area contributed by atoms with Gasteiger partial charge in [0.2, 0.25) is 0 Å². The Labute approximate surface area is 174 Å². The van der Waals surface area contributed by atoms with E-state index in [4.69, 9.17) is 19.7 Å². The van der Waals surface area contributed by atoms with Crippen molar-refractivity contribution in [2.45, 2.75) is 37.4 Å². The SMILES string of the molecule is CC1(C)O[C@@H]2[C@@H](CN=[N+]=[N-])OC[C@]2(CNC(=O)c2ccc(-c3ccccc3)cc2)O1. The van der Waals surface area contributed by atoms with Crippen LogP contribution >= 0.6 is 0 Å². The molecule has 2 aliphatic rings. The zero-order valence-electron chi connectivity index (χ0n) is 16.9. The van der Waals surface area contributed by atoms with E-state index in [0.29, 0.717) is 5.56 Å². The van der Waals surface area contributed by atoms with Crippen molar-refractivity contribution >= 4 is 5.91 Å². The van der Waals surface area contributed by atoms with Gasteiger partial charge in [-0.15, -0.1) is 0 Å². The van der Waals surface area contributed by atoms with E-state index in [1.165, 1.54) is 0 Å². The van der Waals surface area contributed by atoms with E-state index in [1.807, 2.05) is 56.3 Å². The number of carbonyl (C=O) groups is 1. The molecule has 2 fully saturated rings. The lowest BCUT2D eigenvalue weighted by Crippen LogP contribution is -2.51. The molecular formula is C22H24N4O4. The predicted octanol–water partition coefficient (Wildman–Crippen LogP) is 3.68. The van der Waals surface area contributed by atoms with Crippen LogP contribution in [0.25, 0.3) is 21.6 Å². The highest BCUT2D eigenvalue weighted by Crippen LogP contribution is 2.43. The number of carbonyl (C=O) groups excluding carboxylic acids is 1. The number of azide groups is 1. The molecule has 30 heavy (non-hydrogen) atoms. The van der Waals surface area contributed by atoms with Gasteiger partial charge in [0.1, 0.15) is 11.7 Å². The van der Waals surface area contributed by atoms with Crippen LogP contribution in [0.3, 0.4) is 0 Å². The third-order valence-corrected chi connectivity index (χ3v) is 5.38. The molecule has 2 saturated heterocycles. The van der Waals surface area contributed by atoms with Crippen LogP contribution in [0.15, 0.2) is 59.7 Å². The van der Waals surface area contributed by atoms with E-state index >= 15 is 0 Å². The number of rotatable bonds is 6. The fourth-order valence-corrected chi connectivity index (χ4v) is 4.08. The van der Waals surface area contributed by atoms with Gasteiger partial charge in [-0.1, -0.05) is 47.6 Å². The van der Waals surface area contributed by atoms with Gasteiger partial charge in [0.05, 0.1) is 25.8 Å². The quantitative estimate of drug-likeness (QED) is 0.447. The molecule has 1 N–H and O–H groups in total. The molecule has 2 aromatic carbocycles. The fraction of sp³-hybridized carbons (Fsp3) is 0.409. The number of benzene rings is 2. The van der Waals surface area contributed by atoms with Crippen LogP contribution in [0.5, 0.6) is 0 Å². The van der Waals surface area contributed by atoms with E-state index < -0.39 is 23.6 Å². The Morgan fingerprint density at radius 1 is 1.17 bits per heavy atom. The van der Waals surface area contributed by atoms with Gasteiger partial charge in [-0.2, -0.15) is 0 Å². The van der Waals surface area contributed by atoms with Crippen molar-refractivity contribution in [2.24, 2.45) is 5.11 Å². The summed E-state index contributed by atoms with van der Waals surface area (Å²) in [5.41, 5.74) is 10.5. The van der Waals surface area contributed by atoms with Gasteiger partial charge in [0, 0.05) is 10.5 Å². The summed E-state index contributed by atoms with van der Waals surface area (Å²) in [6, 6.07) is 17.5. The molecule has 8 nitrogen and oxygen atoms in total. The molecule has 0 radical (unpaired) electrons. The molecule has 0 aromatic heterocycles. The number of fused-ring (bicyclic) bond motifs is 1. The highest BCUT2D eigenvalue weighted by atomic mass is 16.8. The van der Waals surface area contributed by atoms with Crippen molar-refractivity contribution in [3.05, 3.63) is 70.6 Å². The first-order chi connectivity index (χ1) is 14.4. The van der Waals surface area contributed by atoms with E-state index in [0.717, 1.165) is 11.1 Å². The molecule has 0 bridgehead atoms. The van der Waals surface area contributed by atoms with Crippen molar-refractivity contribution in [1.82, 2.24) is 5.32 Å². The summed E-state index contributed by atoms with van der Waals surface area (Å²) < 4.78 is 17.9. The zero-order valence-corrected chi connectivity index (χ0v) is 16.9. The monoisotopic (exact) mass is 408 g/mol. The van der Waals surface area contributed by atoms with Gasteiger partial charge in [-0.3, -0.25) is 4.79 Å². The Bertz CT molecular complexity index is 957. The second-order valence-corrected chi connectivity index (χ2v) is 7.99. The van der Waals surface area contributed by atoms with Crippen LogP contribution in [0.2, 0.25) is 0 Å². The average molecular weight is 408 g/mol. The molecule has 3 atom stereocenters. The largest absolute Gasteiger partial charge is 0.372 e. The topological polar surface area (TPSA) is 106 Å². The number of ether oxygens (including phenoxy) is 3. The second-order valence-electron chi connectivity index (χ2n) is 7.99. The van der Waals surface area contributed by atoms with Crippen molar-refractivity contribution in [3.63, 3.8) is 0 Å².